The minimum absolute atomic E-state index is 0.0313. The van der Waals surface area contributed by atoms with Crippen LogP contribution in [0, 0.1) is 5.41 Å². The van der Waals surface area contributed by atoms with E-state index in [2.05, 4.69) is 10.6 Å². The molecule has 0 fully saturated rings. The van der Waals surface area contributed by atoms with Gasteiger partial charge >= 0.3 is 5.97 Å². The van der Waals surface area contributed by atoms with Crippen molar-refractivity contribution >= 4 is 34.9 Å². The fourth-order valence-corrected chi connectivity index (χ4v) is 4.96. The van der Waals surface area contributed by atoms with E-state index in [9.17, 15) is 23.2 Å². The van der Waals surface area contributed by atoms with Crippen molar-refractivity contribution in [2.45, 2.75) is 51.0 Å². The Labute approximate surface area is 248 Å². The van der Waals surface area contributed by atoms with E-state index in [1.165, 1.54) is 6.07 Å². The number of rotatable bonds is 9. The summed E-state index contributed by atoms with van der Waals surface area (Å²) in [5, 5.41) is 13.7. The van der Waals surface area contributed by atoms with Crippen molar-refractivity contribution in [1.82, 2.24) is 0 Å². The van der Waals surface area contributed by atoms with Crippen molar-refractivity contribution in [1.29, 1.82) is 5.41 Å². The zero-order valence-corrected chi connectivity index (χ0v) is 23.7. The molecule has 2 atom stereocenters. The van der Waals surface area contributed by atoms with Gasteiger partial charge in [-0.05, 0) is 78.6 Å². The minimum Gasteiger partial charge on any atom is -0.487 e. The highest BCUT2D eigenvalue weighted by atomic mass is 19.3. The lowest BCUT2D eigenvalue weighted by Crippen LogP contribution is -2.25. The maximum atomic E-state index is 14.1. The maximum Gasteiger partial charge on any atom is 0.306 e. The third kappa shape index (κ3) is 8.60. The van der Waals surface area contributed by atoms with Crippen LogP contribution in [0.4, 0.5) is 20.2 Å². The summed E-state index contributed by atoms with van der Waals surface area (Å²) in [5.74, 6) is -1.44. The van der Waals surface area contributed by atoms with Gasteiger partial charge in [0.15, 0.2) is 5.78 Å². The molecule has 1 aliphatic heterocycles. The molecular weight excluding hydrogens is 558 g/mol. The van der Waals surface area contributed by atoms with Crippen molar-refractivity contribution in [2.75, 3.05) is 23.8 Å². The largest absolute Gasteiger partial charge is 0.487 e. The molecule has 226 valence electrons. The topological polar surface area (TPSA) is 144 Å². The number of hydrogen-bond acceptors (Lipinski definition) is 7. The van der Waals surface area contributed by atoms with Crippen LogP contribution in [0.3, 0.4) is 0 Å². The van der Waals surface area contributed by atoms with E-state index in [0.29, 0.717) is 33.6 Å². The molecule has 0 spiro atoms. The standard InChI is InChI=1S/C32H34F2N4O5/c1-2-42-30(41)17-23-16-26(39)31(38-24-10-6-19(7-11-24)32(35)36)22-8-12-27(43-18-28(33)34)21(14-22)9-13-29(40)37-25-5-3-4-20(23)15-25/h3-8,10-12,14-15,23,28,31,38H,2,9,13,16-18H2,1H3,(H3,35,36)(H,37,40)/t23-,31?/m1/s1. The van der Waals surface area contributed by atoms with Gasteiger partial charge in [-0.15, -0.1) is 0 Å². The number of carbonyl (C=O) groups is 3. The molecule has 43 heavy (non-hydrogen) atoms. The second-order valence-electron chi connectivity index (χ2n) is 10.2. The molecule has 5 N–H and O–H groups in total. The zero-order chi connectivity index (χ0) is 30.9. The SMILES string of the molecule is CCOC(=O)C[C@H]1CC(=O)C(Nc2ccc(C(=N)N)cc2)c2ccc(OCC(F)F)c(c2)CCC(=O)Nc2cccc1c2. The Morgan fingerprint density at radius 3 is 2.53 bits per heavy atom. The number of Topliss-reactive ketones (excluding diaryl/α,β-unsaturated/α-hetero) is 1. The van der Waals surface area contributed by atoms with Gasteiger partial charge in [0.25, 0.3) is 6.43 Å². The normalized spacial score (nSPS) is 17.0. The van der Waals surface area contributed by atoms with Crippen LogP contribution in [-0.2, 0) is 25.5 Å². The number of esters is 1. The number of hydrogen-bond donors (Lipinski definition) is 4. The lowest BCUT2D eigenvalue weighted by molar-refractivity contribution is -0.143. The monoisotopic (exact) mass is 592 g/mol. The molecule has 11 heteroatoms. The first-order valence-electron chi connectivity index (χ1n) is 14.0. The average Bonchev–Trinajstić information content (AvgIpc) is 2.97. The summed E-state index contributed by atoms with van der Waals surface area (Å²) < 4.78 is 36.5. The molecule has 3 aromatic rings. The molecule has 4 bridgehead atoms. The van der Waals surface area contributed by atoms with Crippen LogP contribution in [0.25, 0.3) is 0 Å². The van der Waals surface area contributed by atoms with Gasteiger partial charge in [-0.1, -0.05) is 18.2 Å². The number of fused-ring (bicyclic) bond motifs is 4. The summed E-state index contributed by atoms with van der Waals surface area (Å²) in [4.78, 5) is 39.5. The molecule has 9 nitrogen and oxygen atoms in total. The fraction of sp³-hybridized carbons (Fsp3) is 0.312. The predicted molar refractivity (Wildman–Crippen MR) is 159 cm³/mol. The first-order valence-corrected chi connectivity index (χ1v) is 14.0. The van der Waals surface area contributed by atoms with E-state index in [4.69, 9.17) is 20.6 Å². The van der Waals surface area contributed by atoms with Crippen molar-refractivity contribution in [3.05, 3.63) is 89.0 Å². The van der Waals surface area contributed by atoms with Crippen LogP contribution in [-0.4, -0.2) is 43.1 Å². The molecule has 1 heterocycles. The molecule has 1 amide bonds. The van der Waals surface area contributed by atoms with Gasteiger partial charge in [0, 0.05) is 35.7 Å². The van der Waals surface area contributed by atoms with Crippen LogP contribution >= 0.6 is 0 Å². The van der Waals surface area contributed by atoms with Gasteiger partial charge in [-0.25, -0.2) is 8.78 Å². The maximum absolute atomic E-state index is 14.1. The van der Waals surface area contributed by atoms with E-state index in [0.717, 1.165) is 0 Å². The van der Waals surface area contributed by atoms with Crippen LogP contribution in [0.2, 0.25) is 0 Å². The zero-order valence-electron chi connectivity index (χ0n) is 23.7. The Morgan fingerprint density at radius 1 is 1.07 bits per heavy atom. The third-order valence-corrected chi connectivity index (χ3v) is 7.04. The van der Waals surface area contributed by atoms with E-state index < -0.39 is 31.0 Å². The van der Waals surface area contributed by atoms with Crippen LogP contribution < -0.4 is 21.1 Å². The summed E-state index contributed by atoms with van der Waals surface area (Å²) in [6.07, 6.45) is -2.58. The first kappa shape index (κ1) is 31.1. The van der Waals surface area contributed by atoms with Gasteiger partial charge < -0.3 is 25.8 Å². The molecule has 0 saturated carbocycles. The highest BCUT2D eigenvalue weighted by molar-refractivity contribution is 5.95. The summed E-state index contributed by atoms with van der Waals surface area (Å²) in [7, 11) is 0. The molecule has 1 unspecified atom stereocenters. The Balaban J connectivity index is 1.78. The Bertz CT molecular complexity index is 1480. The van der Waals surface area contributed by atoms with Crippen molar-refractivity contribution in [3.8, 4) is 5.75 Å². The van der Waals surface area contributed by atoms with Gasteiger partial charge in [0.1, 0.15) is 24.2 Å². The van der Waals surface area contributed by atoms with Crippen molar-refractivity contribution in [3.63, 3.8) is 0 Å². The number of ketones is 1. The highest BCUT2D eigenvalue weighted by Gasteiger charge is 2.28. The third-order valence-electron chi connectivity index (χ3n) is 7.04. The molecule has 1 aliphatic rings. The van der Waals surface area contributed by atoms with Crippen molar-refractivity contribution < 1.29 is 32.6 Å². The second-order valence-corrected chi connectivity index (χ2v) is 10.2. The smallest absolute Gasteiger partial charge is 0.306 e. The lowest BCUT2D eigenvalue weighted by Gasteiger charge is -2.24. The molecule has 0 aliphatic carbocycles. The van der Waals surface area contributed by atoms with E-state index in [1.54, 1.807) is 67.6 Å². The molecule has 0 radical (unpaired) electrons. The number of nitrogens with one attached hydrogen (secondary N) is 3. The average molecular weight is 593 g/mol. The summed E-state index contributed by atoms with van der Waals surface area (Å²) in [6, 6.07) is 17.6. The summed E-state index contributed by atoms with van der Waals surface area (Å²) in [5.41, 5.74) is 8.89. The number of aryl methyl sites for hydroxylation is 1. The molecule has 0 aromatic heterocycles. The number of halogens is 2. The lowest BCUT2D eigenvalue weighted by atomic mass is 9.86. The second kappa shape index (κ2) is 14.4. The number of nitrogens with two attached hydrogens (primary N) is 1. The number of benzene rings is 3. The van der Waals surface area contributed by atoms with Crippen LogP contribution in [0.1, 0.15) is 60.4 Å². The molecule has 0 saturated heterocycles. The number of anilines is 2. The Hall–Kier alpha value is -4.80. The van der Waals surface area contributed by atoms with Gasteiger partial charge in [-0.2, -0.15) is 0 Å². The van der Waals surface area contributed by atoms with Gasteiger partial charge in [0.2, 0.25) is 5.91 Å². The summed E-state index contributed by atoms with van der Waals surface area (Å²) in [6.45, 7) is 1.08. The number of amidine groups is 1. The number of carbonyl (C=O) groups excluding carboxylic acids is 3. The Morgan fingerprint density at radius 2 is 1.84 bits per heavy atom. The highest BCUT2D eigenvalue weighted by Crippen LogP contribution is 2.33. The molecular formula is C32H34F2N4O5. The van der Waals surface area contributed by atoms with E-state index in [1.807, 2.05) is 0 Å². The van der Waals surface area contributed by atoms with Crippen molar-refractivity contribution in [2.24, 2.45) is 5.73 Å². The van der Waals surface area contributed by atoms with E-state index >= 15 is 0 Å². The molecule has 3 aromatic carbocycles. The minimum atomic E-state index is -2.69. The van der Waals surface area contributed by atoms with Crippen LogP contribution in [0.5, 0.6) is 5.75 Å². The first-order chi connectivity index (χ1) is 20.6. The Kier molecular flexibility index (Phi) is 10.4. The quantitative estimate of drug-likeness (QED) is 0.149. The number of amides is 1. The number of alkyl halides is 2. The van der Waals surface area contributed by atoms with Gasteiger partial charge in [-0.3, -0.25) is 19.8 Å². The molecule has 4 rings (SSSR count). The van der Waals surface area contributed by atoms with Gasteiger partial charge in [0.05, 0.1) is 13.0 Å². The van der Waals surface area contributed by atoms with E-state index in [-0.39, 0.29) is 55.6 Å². The number of ether oxygens (including phenoxy) is 2. The fourth-order valence-electron chi connectivity index (χ4n) is 4.96. The number of nitrogen functional groups attached to an aromatic ring is 1. The summed E-state index contributed by atoms with van der Waals surface area (Å²) >= 11 is 0. The predicted octanol–water partition coefficient (Wildman–Crippen LogP) is 5.35. The van der Waals surface area contributed by atoms with Crippen LogP contribution in [0.15, 0.2) is 66.7 Å².